The van der Waals surface area contributed by atoms with E-state index in [-0.39, 0.29) is 12.6 Å². The topological polar surface area (TPSA) is 69.6 Å². The van der Waals surface area contributed by atoms with Crippen LogP contribution in [0.1, 0.15) is 39.5 Å². The van der Waals surface area contributed by atoms with Gasteiger partial charge in [-0.05, 0) is 31.6 Å². The molecule has 1 aliphatic heterocycles. The average molecular weight is 264 g/mol. The number of hydrogen-bond acceptors (Lipinski definition) is 3. The minimum Gasteiger partial charge on any atom is -0.396 e. The van der Waals surface area contributed by atoms with Crippen LogP contribution in [-0.4, -0.2) is 43.6 Å². The summed E-state index contributed by atoms with van der Waals surface area (Å²) in [5.41, 5.74) is 0. The predicted octanol–water partition coefficient (Wildman–Crippen LogP) is 0.714. The van der Waals surface area contributed by atoms with Crippen molar-refractivity contribution in [3.8, 4) is 0 Å². The maximum absolute atomic E-state index is 12.1. The van der Waals surface area contributed by atoms with Crippen molar-refractivity contribution in [2.24, 2.45) is 5.92 Å². The van der Waals surface area contributed by atoms with Crippen LogP contribution in [0.4, 0.5) is 0 Å². The van der Waals surface area contributed by atoms with E-state index >= 15 is 0 Å². The van der Waals surface area contributed by atoms with Gasteiger partial charge in [-0.1, -0.05) is 13.8 Å². The molecule has 0 aliphatic carbocycles. The zero-order valence-electron chi connectivity index (χ0n) is 10.7. The van der Waals surface area contributed by atoms with Crippen molar-refractivity contribution in [2.75, 3.05) is 19.7 Å². The number of nitrogens with zero attached hydrogens (tertiary/aromatic N) is 1. The number of piperidine rings is 1. The van der Waals surface area contributed by atoms with Gasteiger partial charge in [0, 0.05) is 25.7 Å². The van der Waals surface area contributed by atoms with Crippen molar-refractivity contribution in [1.82, 2.24) is 9.03 Å². The van der Waals surface area contributed by atoms with Gasteiger partial charge >= 0.3 is 0 Å². The molecule has 2 N–H and O–H groups in total. The van der Waals surface area contributed by atoms with Crippen LogP contribution in [0.3, 0.4) is 0 Å². The fraction of sp³-hybridized carbons (Fsp3) is 1.00. The smallest absolute Gasteiger partial charge is 0.279 e. The average Bonchev–Trinajstić information content (AvgIpc) is 2.28. The molecule has 6 heteroatoms. The van der Waals surface area contributed by atoms with E-state index in [1.165, 1.54) is 4.31 Å². The SMILES string of the molecule is CCC(CCO)NS(=O)(=O)N1CCC(C)CC1. The summed E-state index contributed by atoms with van der Waals surface area (Å²) in [4.78, 5) is 0. The van der Waals surface area contributed by atoms with Crippen LogP contribution < -0.4 is 4.72 Å². The molecule has 1 rings (SSSR count). The zero-order chi connectivity index (χ0) is 12.9. The maximum atomic E-state index is 12.1. The Balaban J connectivity index is 2.55. The summed E-state index contributed by atoms with van der Waals surface area (Å²) in [5.74, 6) is 0.612. The van der Waals surface area contributed by atoms with Gasteiger partial charge < -0.3 is 5.11 Å². The second-order valence-corrected chi connectivity index (χ2v) is 6.52. The molecule has 1 saturated heterocycles. The van der Waals surface area contributed by atoms with Crippen molar-refractivity contribution in [1.29, 1.82) is 0 Å². The third-order valence-electron chi connectivity index (χ3n) is 3.37. The molecule has 1 unspecified atom stereocenters. The molecule has 0 spiro atoms. The molecule has 0 bridgehead atoms. The second-order valence-electron chi connectivity index (χ2n) is 4.82. The molecule has 17 heavy (non-hydrogen) atoms. The Morgan fingerprint density at radius 2 is 2.00 bits per heavy atom. The highest BCUT2D eigenvalue weighted by atomic mass is 32.2. The first kappa shape index (κ1) is 14.9. The standard InChI is InChI=1S/C11H24N2O3S/c1-3-11(6-9-14)12-17(15,16)13-7-4-10(2)5-8-13/h10-12,14H,3-9H2,1-2H3. The van der Waals surface area contributed by atoms with Gasteiger partial charge in [0.2, 0.25) is 0 Å². The third kappa shape index (κ3) is 4.54. The number of aliphatic hydroxyl groups excluding tert-OH is 1. The molecular formula is C11H24N2O3S. The molecule has 0 aromatic rings. The Bertz CT molecular complexity index is 311. The number of hydrogen-bond donors (Lipinski definition) is 2. The normalized spacial score (nSPS) is 21.6. The first-order chi connectivity index (χ1) is 7.99. The summed E-state index contributed by atoms with van der Waals surface area (Å²) in [6, 6.07) is -0.163. The number of rotatable bonds is 6. The molecule has 0 amide bonds. The lowest BCUT2D eigenvalue weighted by Gasteiger charge is -2.30. The summed E-state index contributed by atoms with van der Waals surface area (Å²) in [6.45, 7) is 5.29. The first-order valence-corrected chi connectivity index (χ1v) is 7.81. The lowest BCUT2D eigenvalue weighted by Crippen LogP contribution is -2.48. The van der Waals surface area contributed by atoms with Crippen LogP contribution >= 0.6 is 0 Å². The van der Waals surface area contributed by atoms with Crippen LogP contribution in [0.25, 0.3) is 0 Å². The highest BCUT2D eigenvalue weighted by Crippen LogP contribution is 2.18. The minimum absolute atomic E-state index is 0.0120. The van der Waals surface area contributed by atoms with Crippen LogP contribution in [0.15, 0.2) is 0 Å². The molecule has 0 radical (unpaired) electrons. The Labute approximate surface area is 104 Å². The van der Waals surface area contributed by atoms with E-state index in [9.17, 15) is 8.42 Å². The largest absolute Gasteiger partial charge is 0.396 e. The van der Waals surface area contributed by atoms with Gasteiger partial charge in [0.1, 0.15) is 0 Å². The lowest BCUT2D eigenvalue weighted by molar-refractivity contribution is 0.262. The molecule has 1 atom stereocenters. The van der Waals surface area contributed by atoms with E-state index in [1.54, 1.807) is 0 Å². The molecule has 0 aromatic carbocycles. The molecule has 1 aliphatic rings. The van der Waals surface area contributed by atoms with Crippen molar-refractivity contribution in [3.05, 3.63) is 0 Å². The van der Waals surface area contributed by atoms with E-state index in [0.29, 0.717) is 31.8 Å². The van der Waals surface area contributed by atoms with Crippen molar-refractivity contribution >= 4 is 10.2 Å². The summed E-state index contributed by atoms with van der Waals surface area (Å²) >= 11 is 0. The number of nitrogens with one attached hydrogen (secondary N) is 1. The lowest BCUT2D eigenvalue weighted by atomic mass is 10.0. The van der Waals surface area contributed by atoms with Gasteiger partial charge in [-0.25, -0.2) is 0 Å². The number of aliphatic hydroxyl groups is 1. The summed E-state index contributed by atoms with van der Waals surface area (Å²) in [6.07, 6.45) is 3.03. The van der Waals surface area contributed by atoms with Crippen LogP contribution in [0, 0.1) is 5.92 Å². The van der Waals surface area contributed by atoms with Crippen LogP contribution in [0.5, 0.6) is 0 Å². The molecule has 102 valence electrons. The fourth-order valence-electron chi connectivity index (χ4n) is 2.01. The monoisotopic (exact) mass is 264 g/mol. The van der Waals surface area contributed by atoms with Crippen molar-refractivity contribution in [3.63, 3.8) is 0 Å². The highest BCUT2D eigenvalue weighted by molar-refractivity contribution is 7.87. The van der Waals surface area contributed by atoms with E-state index in [4.69, 9.17) is 5.11 Å². The Kier molecular flexibility index (Phi) is 5.85. The zero-order valence-corrected chi connectivity index (χ0v) is 11.5. The molecule has 0 saturated carbocycles. The van der Waals surface area contributed by atoms with Crippen LogP contribution in [-0.2, 0) is 10.2 Å². The van der Waals surface area contributed by atoms with Gasteiger partial charge in [0.15, 0.2) is 0 Å². The van der Waals surface area contributed by atoms with Crippen LogP contribution in [0.2, 0.25) is 0 Å². The minimum atomic E-state index is -3.37. The molecular weight excluding hydrogens is 240 g/mol. The Hall–Kier alpha value is -0.170. The fourth-order valence-corrected chi connectivity index (χ4v) is 3.56. The second kappa shape index (κ2) is 6.68. The van der Waals surface area contributed by atoms with Gasteiger partial charge in [-0.2, -0.15) is 17.4 Å². The first-order valence-electron chi connectivity index (χ1n) is 6.37. The predicted molar refractivity (Wildman–Crippen MR) is 67.8 cm³/mol. The van der Waals surface area contributed by atoms with E-state index in [0.717, 1.165) is 12.8 Å². The summed E-state index contributed by atoms with van der Waals surface area (Å²) in [7, 11) is -3.37. The Morgan fingerprint density at radius 3 is 2.47 bits per heavy atom. The quantitative estimate of drug-likeness (QED) is 0.742. The van der Waals surface area contributed by atoms with Gasteiger partial charge in [-0.3, -0.25) is 0 Å². The highest BCUT2D eigenvalue weighted by Gasteiger charge is 2.27. The summed E-state index contributed by atoms with van der Waals surface area (Å²) < 4.78 is 28.3. The van der Waals surface area contributed by atoms with E-state index < -0.39 is 10.2 Å². The third-order valence-corrected chi connectivity index (χ3v) is 5.04. The van der Waals surface area contributed by atoms with Gasteiger partial charge in [0.05, 0.1) is 0 Å². The maximum Gasteiger partial charge on any atom is 0.279 e. The molecule has 0 aromatic heterocycles. The van der Waals surface area contributed by atoms with Crippen molar-refractivity contribution in [2.45, 2.75) is 45.6 Å². The van der Waals surface area contributed by atoms with Gasteiger partial charge in [-0.15, -0.1) is 0 Å². The van der Waals surface area contributed by atoms with Gasteiger partial charge in [0.25, 0.3) is 10.2 Å². The van der Waals surface area contributed by atoms with Crippen molar-refractivity contribution < 1.29 is 13.5 Å². The molecule has 5 nitrogen and oxygen atoms in total. The van der Waals surface area contributed by atoms with E-state index in [1.807, 2.05) is 6.92 Å². The molecule has 1 heterocycles. The Morgan fingerprint density at radius 1 is 1.41 bits per heavy atom. The molecule has 1 fully saturated rings. The van der Waals surface area contributed by atoms with E-state index in [2.05, 4.69) is 11.6 Å². The summed E-state index contributed by atoms with van der Waals surface area (Å²) in [5, 5.41) is 8.86.